The molecule has 0 aromatic heterocycles. The Morgan fingerprint density at radius 3 is 2.48 bits per heavy atom. The molecule has 1 atom stereocenters. The van der Waals surface area contributed by atoms with Gasteiger partial charge in [-0.3, -0.25) is 4.79 Å². The lowest BCUT2D eigenvalue weighted by molar-refractivity contribution is -0.914. The molecule has 0 bridgehead atoms. The Bertz CT molecular complexity index is 792. The van der Waals surface area contributed by atoms with Crippen LogP contribution >= 0.6 is 11.6 Å². The fraction of sp³-hybridized carbons (Fsp3) is 0.350. The SMILES string of the molecule is COc1ccc(N2CC[NH+]([C@H](C)C(=O)Nc3ccc(F)c(Cl)c3)CC2)cc1. The van der Waals surface area contributed by atoms with E-state index in [1.54, 1.807) is 7.11 Å². The number of hydrogen-bond acceptors (Lipinski definition) is 3. The smallest absolute Gasteiger partial charge is 0.282 e. The number of quaternary nitrogens is 1. The molecule has 0 unspecified atom stereocenters. The van der Waals surface area contributed by atoms with Gasteiger partial charge in [-0.15, -0.1) is 0 Å². The zero-order valence-electron chi connectivity index (χ0n) is 15.5. The van der Waals surface area contributed by atoms with Crippen molar-refractivity contribution >= 4 is 28.9 Å². The Morgan fingerprint density at radius 2 is 1.89 bits per heavy atom. The number of piperazine rings is 1. The highest BCUT2D eigenvalue weighted by Crippen LogP contribution is 2.20. The third-order valence-electron chi connectivity index (χ3n) is 5.04. The van der Waals surface area contributed by atoms with Gasteiger partial charge in [0.2, 0.25) is 0 Å². The van der Waals surface area contributed by atoms with Crippen LogP contribution in [0.3, 0.4) is 0 Å². The molecule has 1 amide bonds. The third-order valence-corrected chi connectivity index (χ3v) is 5.33. The topological polar surface area (TPSA) is 46.0 Å². The molecule has 0 radical (unpaired) electrons. The predicted molar refractivity (Wildman–Crippen MR) is 105 cm³/mol. The Labute approximate surface area is 163 Å². The van der Waals surface area contributed by atoms with Gasteiger partial charge in [0.1, 0.15) is 11.6 Å². The number of amides is 1. The van der Waals surface area contributed by atoms with Gasteiger partial charge >= 0.3 is 0 Å². The van der Waals surface area contributed by atoms with Crippen LogP contribution in [0.25, 0.3) is 0 Å². The summed E-state index contributed by atoms with van der Waals surface area (Å²) in [5, 5.41) is 2.83. The van der Waals surface area contributed by atoms with Gasteiger partial charge in [0, 0.05) is 11.4 Å². The number of anilines is 2. The third kappa shape index (κ3) is 4.70. The van der Waals surface area contributed by atoms with Crippen LogP contribution in [-0.4, -0.2) is 45.2 Å². The molecule has 0 saturated carbocycles. The lowest BCUT2D eigenvalue weighted by Crippen LogP contribution is -3.19. The van der Waals surface area contributed by atoms with Gasteiger partial charge in [0.15, 0.2) is 6.04 Å². The van der Waals surface area contributed by atoms with E-state index in [-0.39, 0.29) is 17.0 Å². The monoisotopic (exact) mass is 392 g/mol. The minimum Gasteiger partial charge on any atom is -0.497 e. The molecule has 1 fully saturated rings. The number of methoxy groups -OCH3 is 1. The Balaban J connectivity index is 1.54. The van der Waals surface area contributed by atoms with E-state index in [1.807, 2.05) is 19.1 Å². The zero-order chi connectivity index (χ0) is 19.4. The van der Waals surface area contributed by atoms with E-state index in [0.717, 1.165) is 37.6 Å². The molecule has 1 aliphatic rings. The predicted octanol–water partition coefficient (Wildman–Crippen LogP) is 2.22. The van der Waals surface area contributed by atoms with Crippen molar-refractivity contribution in [2.24, 2.45) is 0 Å². The fourth-order valence-corrected chi connectivity index (χ4v) is 3.47. The Morgan fingerprint density at radius 1 is 1.22 bits per heavy atom. The molecule has 1 aliphatic heterocycles. The first kappa shape index (κ1) is 19.5. The van der Waals surface area contributed by atoms with E-state index >= 15 is 0 Å². The molecule has 144 valence electrons. The number of halogens is 2. The highest BCUT2D eigenvalue weighted by Gasteiger charge is 2.29. The van der Waals surface area contributed by atoms with Crippen molar-refractivity contribution in [3.8, 4) is 5.75 Å². The summed E-state index contributed by atoms with van der Waals surface area (Å²) in [4.78, 5) is 16.1. The number of benzene rings is 2. The first-order chi connectivity index (χ1) is 13.0. The average Bonchev–Trinajstić information content (AvgIpc) is 2.70. The van der Waals surface area contributed by atoms with Crippen LogP contribution in [0.4, 0.5) is 15.8 Å². The van der Waals surface area contributed by atoms with Crippen LogP contribution in [-0.2, 0) is 4.79 Å². The first-order valence-electron chi connectivity index (χ1n) is 8.97. The fourth-order valence-electron chi connectivity index (χ4n) is 3.29. The van der Waals surface area contributed by atoms with Gasteiger partial charge in [-0.05, 0) is 49.4 Å². The molecule has 0 spiro atoms. The van der Waals surface area contributed by atoms with Crippen LogP contribution < -0.4 is 19.9 Å². The standard InChI is InChI=1S/C20H23ClFN3O2/c1-14(20(26)23-15-3-8-19(22)18(21)13-15)24-9-11-25(12-10-24)16-4-6-17(27-2)7-5-16/h3-8,13-14H,9-12H2,1-2H3,(H,23,26)/p+1/t14-/m1/s1. The summed E-state index contributed by atoms with van der Waals surface area (Å²) < 4.78 is 18.4. The molecule has 2 aromatic carbocycles. The van der Waals surface area contributed by atoms with Crippen molar-refractivity contribution in [2.45, 2.75) is 13.0 Å². The van der Waals surface area contributed by atoms with E-state index in [0.29, 0.717) is 5.69 Å². The second-order valence-electron chi connectivity index (χ2n) is 6.68. The molecular weight excluding hydrogens is 369 g/mol. The highest BCUT2D eigenvalue weighted by atomic mass is 35.5. The normalized spacial score (nSPS) is 16.1. The molecule has 1 heterocycles. The van der Waals surface area contributed by atoms with Crippen molar-refractivity contribution < 1.29 is 18.8 Å². The number of nitrogens with zero attached hydrogens (tertiary/aromatic N) is 1. The molecule has 7 heteroatoms. The average molecular weight is 393 g/mol. The molecule has 2 N–H and O–H groups in total. The van der Waals surface area contributed by atoms with E-state index in [1.165, 1.54) is 23.1 Å². The van der Waals surface area contributed by atoms with Crippen LogP contribution in [0.1, 0.15) is 6.92 Å². The van der Waals surface area contributed by atoms with Crippen molar-refractivity contribution in [2.75, 3.05) is 43.5 Å². The summed E-state index contributed by atoms with van der Waals surface area (Å²) in [5.74, 6) is 0.253. The number of nitrogens with one attached hydrogen (secondary N) is 2. The quantitative estimate of drug-likeness (QED) is 0.820. The maximum absolute atomic E-state index is 13.2. The van der Waals surface area contributed by atoms with Crippen molar-refractivity contribution in [3.05, 3.63) is 53.3 Å². The van der Waals surface area contributed by atoms with Gasteiger partial charge in [0.05, 0.1) is 38.3 Å². The van der Waals surface area contributed by atoms with Gasteiger partial charge in [-0.2, -0.15) is 0 Å². The lowest BCUT2D eigenvalue weighted by atomic mass is 10.2. The van der Waals surface area contributed by atoms with E-state index in [9.17, 15) is 9.18 Å². The van der Waals surface area contributed by atoms with Crippen LogP contribution in [0, 0.1) is 5.82 Å². The number of hydrogen-bond donors (Lipinski definition) is 2. The van der Waals surface area contributed by atoms with Crippen molar-refractivity contribution in [1.29, 1.82) is 0 Å². The van der Waals surface area contributed by atoms with E-state index in [2.05, 4.69) is 22.3 Å². The summed E-state index contributed by atoms with van der Waals surface area (Å²) >= 11 is 5.77. The molecule has 2 aromatic rings. The van der Waals surface area contributed by atoms with Gasteiger partial charge in [-0.1, -0.05) is 11.6 Å². The number of ether oxygens (including phenoxy) is 1. The van der Waals surface area contributed by atoms with Gasteiger partial charge in [0.25, 0.3) is 5.91 Å². The summed E-state index contributed by atoms with van der Waals surface area (Å²) in [6.07, 6.45) is 0. The van der Waals surface area contributed by atoms with Gasteiger partial charge in [-0.25, -0.2) is 4.39 Å². The van der Waals surface area contributed by atoms with E-state index in [4.69, 9.17) is 16.3 Å². The van der Waals surface area contributed by atoms with Crippen LogP contribution in [0.15, 0.2) is 42.5 Å². The molecule has 3 rings (SSSR count). The first-order valence-corrected chi connectivity index (χ1v) is 9.35. The second-order valence-corrected chi connectivity index (χ2v) is 7.09. The Hall–Kier alpha value is -2.31. The van der Waals surface area contributed by atoms with E-state index < -0.39 is 5.82 Å². The maximum Gasteiger partial charge on any atom is 0.282 e. The molecule has 5 nitrogen and oxygen atoms in total. The van der Waals surface area contributed by atoms with Crippen LogP contribution in [0.5, 0.6) is 5.75 Å². The number of carbonyl (C=O) groups is 1. The Kier molecular flexibility index (Phi) is 6.19. The summed E-state index contributed by atoms with van der Waals surface area (Å²) in [5.41, 5.74) is 1.67. The largest absolute Gasteiger partial charge is 0.497 e. The zero-order valence-corrected chi connectivity index (χ0v) is 16.2. The molecule has 0 aliphatic carbocycles. The lowest BCUT2D eigenvalue weighted by Gasteiger charge is -2.36. The number of carbonyl (C=O) groups excluding carboxylic acids is 1. The molecule has 1 saturated heterocycles. The summed E-state index contributed by atoms with van der Waals surface area (Å²) in [7, 11) is 1.66. The van der Waals surface area contributed by atoms with Crippen LogP contribution in [0.2, 0.25) is 5.02 Å². The van der Waals surface area contributed by atoms with Crippen molar-refractivity contribution in [1.82, 2.24) is 0 Å². The summed E-state index contributed by atoms with van der Waals surface area (Å²) in [6, 6.07) is 12.0. The minimum atomic E-state index is -0.497. The van der Waals surface area contributed by atoms with Crippen molar-refractivity contribution in [3.63, 3.8) is 0 Å². The highest BCUT2D eigenvalue weighted by molar-refractivity contribution is 6.31. The maximum atomic E-state index is 13.2. The number of rotatable bonds is 5. The summed E-state index contributed by atoms with van der Waals surface area (Å²) in [6.45, 7) is 5.40. The van der Waals surface area contributed by atoms with Gasteiger partial charge < -0.3 is 19.9 Å². The second kappa shape index (κ2) is 8.59. The molecule has 27 heavy (non-hydrogen) atoms. The molecular formula is C20H24ClFN3O2+. The minimum absolute atomic E-state index is 0.000839.